The van der Waals surface area contributed by atoms with E-state index in [-0.39, 0.29) is 15.4 Å². The van der Waals surface area contributed by atoms with E-state index in [0.29, 0.717) is 0 Å². The van der Waals surface area contributed by atoms with Crippen LogP contribution in [0.15, 0.2) is 12.1 Å². The van der Waals surface area contributed by atoms with E-state index in [1.165, 1.54) is 34.7 Å². The van der Waals surface area contributed by atoms with Gasteiger partial charge in [-0.3, -0.25) is 9.59 Å². The second kappa shape index (κ2) is 4.52. The number of rotatable bonds is 2. The average molecular weight is 342 g/mol. The van der Waals surface area contributed by atoms with Crippen molar-refractivity contribution in [3.05, 3.63) is 32.4 Å². The van der Waals surface area contributed by atoms with Crippen molar-refractivity contribution >= 4 is 34.7 Å². The van der Waals surface area contributed by atoms with Gasteiger partial charge in [-0.25, -0.2) is 0 Å². The third-order valence-electron chi connectivity index (χ3n) is 1.95. The van der Waals surface area contributed by atoms with Crippen LogP contribution in [0, 0.1) is 3.57 Å². The Morgan fingerprint density at radius 1 is 1.38 bits per heavy atom. The number of hydrogen-bond acceptors (Lipinski definition) is 2. The molecule has 0 heterocycles. The molecule has 0 aromatic heterocycles. The molecule has 6 heteroatoms. The molecule has 0 saturated heterocycles. The molecular formula is C10H6F3IO2. The Hall–Kier alpha value is -0.920. The standard InChI is InChI=1S/C10H6F3IO2/c1-5(16)8-6(4-15)2-3-7(14)9(8)10(11,12)13/h2-4H,1H3. The van der Waals surface area contributed by atoms with E-state index in [1.807, 2.05) is 0 Å². The summed E-state index contributed by atoms with van der Waals surface area (Å²) in [6.07, 6.45) is -4.39. The van der Waals surface area contributed by atoms with E-state index in [4.69, 9.17) is 0 Å². The smallest absolute Gasteiger partial charge is 0.298 e. The number of carbonyl (C=O) groups excluding carboxylic acids is 2. The van der Waals surface area contributed by atoms with Gasteiger partial charge in [0, 0.05) is 14.7 Å². The molecule has 0 unspecified atom stereocenters. The maximum absolute atomic E-state index is 12.7. The van der Waals surface area contributed by atoms with E-state index in [1.54, 1.807) is 0 Å². The van der Waals surface area contributed by atoms with Gasteiger partial charge in [-0.1, -0.05) is 0 Å². The number of benzene rings is 1. The highest BCUT2D eigenvalue weighted by Gasteiger charge is 2.37. The first-order valence-electron chi connectivity index (χ1n) is 4.15. The third kappa shape index (κ3) is 2.42. The summed E-state index contributed by atoms with van der Waals surface area (Å²) >= 11 is 1.49. The van der Waals surface area contributed by atoms with Gasteiger partial charge in [0.2, 0.25) is 0 Å². The monoisotopic (exact) mass is 342 g/mol. The van der Waals surface area contributed by atoms with Crippen LogP contribution in [0.4, 0.5) is 13.2 Å². The van der Waals surface area contributed by atoms with Gasteiger partial charge in [0.15, 0.2) is 12.1 Å². The highest BCUT2D eigenvalue weighted by Crippen LogP contribution is 2.36. The van der Waals surface area contributed by atoms with Crippen molar-refractivity contribution in [1.82, 2.24) is 0 Å². The van der Waals surface area contributed by atoms with Crippen LogP contribution >= 0.6 is 22.6 Å². The van der Waals surface area contributed by atoms with Gasteiger partial charge in [0.05, 0.1) is 5.56 Å². The molecule has 0 bridgehead atoms. The lowest BCUT2D eigenvalue weighted by molar-refractivity contribution is -0.138. The van der Waals surface area contributed by atoms with Crippen LogP contribution in [-0.4, -0.2) is 12.1 Å². The highest BCUT2D eigenvalue weighted by molar-refractivity contribution is 14.1. The lowest BCUT2D eigenvalue weighted by Gasteiger charge is -2.14. The second-order valence-corrected chi connectivity index (χ2v) is 4.22. The lowest BCUT2D eigenvalue weighted by atomic mass is 9.98. The molecule has 0 aliphatic heterocycles. The first kappa shape index (κ1) is 13.1. The van der Waals surface area contributed by atoms with Crippen LogP contribution in [0.25, 0.3) is 0 Å². The molecular weight excluding hydrogens is 336 g/mol. The molecule has 0 amide bonds. The average Bonchev–Trinajstić information content (AvgIpc) is 2.15. The molecule has 0 spiro atoms. The number of halogens is 4. The zero-order valence-electron chi connectivity index (χ0n) is 8.06. The van der Waals surface area contributed by atoms with Gasteiger partial charge in [0.1, 0.15) is 0 Å². The molecule has 16 heavy (non-hydrogen) atoms. The Kier molecular flexibility index (Phi) is 3.72. The summed E-state index contributed by atoms with van der Waals surface area (Å²) in [6.45, 7) is 1.01. The molecule has 0 N–H and O–H groups in total. The quantitative estimate of drug-likeness (QED) is 0.469. The Balaban J connectivity index is 3.68. The Bertz CT molecular complexity index is 452. The van der Waals surface area contributed by atoms with Crippen LogP contribution < -0.4 is 0 Å². The summed E-state index contributed by atoms with van der Waals surface area (Å²) in [5, 5.41) is 0. The molecule has 0 aliphatic rings. The zero-order valence-corrected chi connectivity index (χ0v) is 10.2. The second-order valence-electron chi connectivity index (χ2n) is 3.06. The molecule has 86 valence electrons. The molecule has 2 nitrogen and oxygen atoms in total. The molecule has 1 rings (SSSR count). The van der Waals surface area contributed by atoms with Crippen molar-refractivity contribution in [1.29, 1.82) is 0 Å². The van der Waals surface area contributed by atoms with Crippen molar-refractivity contribution in [3.8, 4) is 0 Å². The normalized spacial score (nSPS) is 11.3. The predicted molar refractivity (Wildman–Crippen MR) is 59.6 cm³/mol. The highest BCUT2D eigenvalue weighted by atomic mass is 127. The fourth-order valence-corrected chi connectivity index (χ4v) is 2.10. The fraction of sp³-hybridized carbons (Fsp3) is 0.200. The maximum atomic E-state index is 12.7. The third-order valence-corrected chi connectivity index (χ3v) is 2.85. The summed E-state index contributed by atoms with van der Waals surface area (Å²) in [6, 6.07) is 2.38. The van der Waals surface area contributed by atoms with Crippen LogP contribution in [0.2, 0.25) is 0 Å². The van der Waals surface area contributed by atoms with E-state index < -0.39 is 23.1 Å². The Morgan fingerprint density at radius 3 is 2.31 bits per heavy atom. The molecule has 1 aromatic rings. The van der Waals surface area contributed by atoms with Gasteiger partial charge in [-0.05, 0) is 41.6 Å². The summed E-state index contributed by atoms with van der Waals surface area (Å²) in [5.41, 5.74) is -1.83. The van der Waals surface area contributed by atoms with E-state index >= 15 is 0 Å². The minimum Gasteiger partial charge on any atom is -0.298 e. The Labute approximate surface area is 103 Å². The molecule has 0 atom stereocenters. The molecule has 1 aromatic carbocycles. The van der Waals surface area contributed by atoms with Gasteiger partial charge in [-0.15, -0.1) is 0 Å². The van der Waals surface area contributed by atoms with Crippen molar-refractivity contribution in [2.45, 2.75) is 13.1 Å². The van der Waals surface area contributed by atoms with Gasteiger partial charge in [0.25, 0.3) is 0 Å². The molecule has 0 fully saturated rings. The van der Waals surface area contributed by atoms with Crippen molar-refractivity contribution in [3.63, 3.8) is 0 Å². The van der Waals surface area contributed by atoms with Crippen LogP contribution in [0.5, 0.6) is 0 Å². The largest absolute Gasteiger partial charge is 0.418 e. The van der Waals surface area contributed by atoms with Gasteiger partial charge >= 0.3 is 6.18 Å². The van der Waals surface area contributed by atoms with Crippen molar-refractivity contribution < 1.29 is 22.8 Å². The van der Waals surface area contributed by atoms with Crippen molar-refractivity contribution in [2.24, 2.45) is 0 Å². The molecule has 0 radical (unpaired) electrons. The minimum atomic E-state index is -4.64. The topological polar surface area (TPSA) is 34.1 Å². The van der Waals surface area contributed by atoms with Crippen molar-refractivity contribution in [2.75, 3.05) is 0 Å². The summed E-state index contributed by atoms with van der Waals surface area (Å²) < 4.78 is 38.0. The number of ketones is 1. The van der Waals surface area contributed by atoms with E-state index in [2.05, 4.69) is 0 Å². The number of alkyl halides is 3. The summed E-state index contributed by atoms with van der Waals surface area (Å²) in [7, 11) is 0. The predicted octanol–water partition coefficient (Wildman–Crippen LogP) is 3.33. The fourth-order valence-electron chi connectivity index (χ4n) is 1.35. The van der Waals surface area contributed by atoms with E-state index in [9.17, 15) is 22.8 Å². The molecule has 0 aliphatic carbocycles. The first-order chi connectivity index (χ1) is 7.29. The minimum absolute atomic E-state index is 0.0964. The summed E-state index contributed by atoms with van der Waals surface area (Å²) in [5.74, 6) is -0.770. The SMILES string of the molecule is CC(=O)c1c(C=O)ccc(I)c1C(F)(F)F. The number of hydrogen-bond donors (Lipinski definition) is 0. The lowest BCUT2D eigenvalue weighted by Crippen LogP contribution is -2.16. The number of aldehydes is 1. The maximum Gasteiger partial charge on any atom is 0.418 e. The number of carbonyl (C=O) groups is 2. The zero-order chi connectivity index (χ0) is 12.5. The molecule has 0 saturated carbocycles. The van der Waals surface area contributed by atoms with Crippen LogP contribution in [0.1, 0.15) is 33.2 Å². The Morgan fingerprint density at radius 2 is 1.94 bits per heavy atom. The van der Waals surface area contributed by atoms with Gasteiger partial charge < -0.3 is 0 Å². The number of Topliss-reactive ketones (excluding diaryl/α,β-unsaturated/α-hetero) is 1. The van der Waals surface area contributed by atoms with Crippen LogP contribution in [0.3, 0.4) is 0 Å². The first-order valence-corrected chi connectivity index (χ1v) is 5.22. The van der Waals surface area contributed by atoms with Crippen LogP contribution in [-0.2, 0) is 6.18 Å². The summed E-state index contributed by atoms with van der Waals surface area (Å²) in [4.78, 5) is 21.8. The van der Waals surface area contributed by atoms with E-state index in [0.717, 1.165) is 6.92 Å². The van der Waals surface area contributed by atoms with Gasteiger partial charge in [-0.2, -0.15) is 13.2 Å².